The second-order valence-electron chi connectivity index (χ2n) is 5.32. The van der Waals surface area contributed by atoms with Crippen molar-refractivity contribution in [1.29, 1.82) is 0 Å². The lowest BCUT2D eigenvalue weighted by molar-refractivity contribution is -0.136. The van der Waals surface area contributed by atoms with Crippen molar-refractivity contribution in [2.45, 2.75) is 19.4 Å². The fourth-order valence-electron chi connectivity index (χ4n) is 2.90. The molecule has 0 unspecified atom stereocenters. The first-order valence-corrected chi connectivity index (χ1v) is 7.72. The van der Waals surface area contributed by atoms with Crippen LogP contribution in [0.2, 0.25) is 0 Å². The zero-order valence-electron chi connectivity index (χ0n) is 14.4. The minimum Gasteiger partial charge on any atom is -0.497 e. The Labute approximate surface area is 144 Å². The largest absolute Gasteiger partial charge is 0.497 e. The van der Waals surface area contributed by atoms with Gasteiger partial charge in [-0.15, -0.1) is 0 Å². The lowest BCUT2D eigenvalue weighted by Crippen LogP contribution is -2.30. The fourth-order valence-corrected chi connectivity index (χ4v) is 2.90. The minimum atomic E-state index is -0.598. The summed E-state index contributed by atoms with van der Waals surface area (Å²) in [5.41, 5.74) is 1.82. The summed E-state index contributed by atoms with van der Waals surface area (Å²) in [7, 11) is 4.48. The highest BCUT2D eigenvalue weighted by Crippen LogP contribution is 2.40. The number of nitrogens with zero attached hydrogens (tertiary/aromatic N) is 4. The quantitative estimate of drug-likeness (QED) is 0.815. The summed E-state index contributed by atoms with van der Waals surface area (Å²) >= 11 is 0. The van der Waals surface area contributed by atoms with Crippen LogP contribution in [0.1, 0.15) is 24.9 Å². The minimum absolute atomic E-state index is 0.427. The molecule has 0 fully saturated rings. The number of allylic oxidation sites excluding steroid dienone is 1. The predicted octanol–water partition coefficient (Wildman–Crippen LogP) is 1.54. The molecular formula is C16H19N5O4. The monoisotopic (exact) mass is 345 g/mol. The predicted molar refractivity (Wildman–Crippen MR) is 88.5 cm³/mol. The van der Waals surface area contributed by atoms with Crippen LogP contribution in [-0.2, 0) is 9.53 Å². The number of methoxy groups -OCH3 is 3. The summed E-state index contributed by atoms with van der Waals surface area (Å²) in [6, 6.07) is 4.77. The first kappa shape index (κ1) is 16.7. The third kappa shape index (κ3) is 2.77. The Kier molecular flexibility index (Phi) is 4.55. The van der Waals surface area contributed by atoms with Crippen molar-refractivity contribution in [1.82, 2.24) is 20.2 Å². The average Bonchev–Trinajstić information content (AvgIpc) is 3.13. The number of hydrogen-bond acceptors (Lipinski definition) is 8. The summed E-state index contributed by atoms with van der Waals surface area (Å²) in [6.07, 6.45) is 0.583. The van der Waals surface area contributed by atoms with Crippen LogP contribution in [0.4, 0.5) is 5.95 Å². The molecule has 0 aliphatic carbocycles. The molecule has 3 rings (SSSR count). The Bertz CT molecular complexity index is 830. The van der Waals surface area contributed by atoms with Gasteiger partial charge in [0, 0.05) is 11.3 Å². The molecule has 1 aliphatic rings. The summed E-state index contributed by atoms with van der Waals surface area (Å²) in [6.45, 7) is 1.94. The Hall–Kier alpha value is -3.10. The van der Waals surface area contributed by atoms with Gasteiger partial charge in [0.05, 0.1) is 26.9 Å². The standard InChI is InChI=1S/C16H19N5O4/c1-5-11-13(15(22)25-4)14(21-16(17-11)18-19-20-21)10-8-9(23-2)6-7-12(10)24-3/h6-8,14H,5H2,1-4H3,(H,17,18,20)/t14-/m1/s1. The van der Waals surface area contributed by atoms with Gasteiger partial charge >= 0.3 is 5.97 Å². The summed E-state index contributed by atoms with van der Waals surface area (Å²) in [5.74, 6) is 1.21. The number of ether oxygens (including phenoxy) is 3. The van der Waals surface area contributed by atoms with Gasteiger partial charge in [0.15, 0.2) is 0 Å². The van der Waals surface area contributed by atoms with Crippen molar-refractivity contribution in [2.75, 3.05) is 26.6 Å². The van der Waals surface area contributed by atoms with Gasteiger partial charge in [-0.3, -0.25) is 0 Å². The highest BCUT2D eigenvalue weighted by molar-refractivity contribution is 5.92. The number of hydrogen-bond donors (Lipinski definition) is 1. The molecule has 0 saturated heterocycles. The van der Waals surface area contributed by atoms with Crippen LogP contribution in [0.3, 0.4) is 0 Å². The number of tetrazole rings is 1. The lowest BCUT2D eigenvalue weighted by atomic mass is 9.93. The van der Waals surface area contributed by atoms with Crippen molar-refractivity contribution in [3.05, 3.63) is 35.0 Å². The average molecular weight is 345 g/mol. The van der Waals surface area contributed by atoms with E-state index in [0.717, 1.165) is 0 Å². The van der Waals surface area contributed by atoms with Gasteiger partial charge < -0.3 is 19.5 Å². The normalized spacial score (nSPS) is 16.1. The lowest BCUT2D eigenvalue weighted by Gasteiger charge is -2.29. The first-order valence-electron chi connectivity index (χ1n) is 7.72. The molecule has 0 spiro atoms. The van der Waals surface area contributed by atoms with Crippen LogP contribution in [0.5, 0.6) is 11.5 Å². The zero-order valence-corrected chi connectivity index (χ0v) is 14.4. The molecule has 0 bridgehead atoms. The Balaban J connectivity index is 2.27. The second kappa shape index (κ2) is 6.80. The van der Waals surface area contributed by atoms with Gasteiger partial charge in [-0.25, -0.2) is 4.79 Å². The van der Waals surface area contributed by atoms with Gasteiger partial charge in [-0.05, 0) is 35.0 Å². The van der Waals surface area contributed by atoms with Crippen LogP contribution in [0.15, 0.2) is 29.5 Å². The Morgan fingerprint density at radius 3 is 2.72 bits per heavy atom. The number of nitrogens with one attached hydrogen (secondary N) is 1. The molecule has 1 aromatic carbocycles. The van der Waals surface area contributed by atoms with Gasteiger partial charge in [-0.1, -0.05) is 12.0 Å². The van der Waals surface area contributed by atoms with Crippen LogP contribution in [0.25, 0.3) is 0 Å². The van der Waals surface area contributed by atoms with Crippen LogP contribution >= 0.6 is 0 Å². The molecule has 1 N–H and O–H groups in total. The summed E-state index contributed by atoms with van der Waals surface area (Å²) < 4.78 is 17.3. The van der Waals surface area contributed by atoms with E-state index in [1.54, 1.807) is 32.4 Å². The molecule has 2 aromatic rings. The second-order valence-corrected chi connectivity index (χ2v) is 5.32. The molecule has 0 amide bonds. The Morgan fingerprint density at radius 2 is 2.08 bits per heavy atom. The first-order chi connectivity index (χ1) is 12.1. The van der Waals surface area contributed by atoms with Crippen LogP contribution in [0, 0.1) is 0 Å². The number of esters is 1. The molecule has 25 heavy (non-hydrogen) atoms. The SMILES string of the molecule is CCC1=C(C(=O)OC)[C@@H](c2cc(OC)ccc2OC)n2nnnc2N1. The maximum absolute atomic E-state index is 12.5. The van der Waals surface area contributed by atoms with Gasteiger partial charge in [0.1, 0.15) is 17.5 Å². The van der Waals surface area contributed by atoms with E-state index >= 15 is 0 Å². The van der Waals surface area contributed by atoms with Crippen molar-refractivity contribution in [3.8, 4) is 11.5 Å². The van der Waals surface area contributed by atoms with Crippen molar-refractivity contribution in [2.24, 2.45) is 0 Å². The molecule has 9 nitrogen and oxygen atoms in total. The molecule has 1 aliphatic heterocycles. The fraction of sp³-hybridized carbons (Fsp3) is 0.375. The zero-order chi connectivity index (χ0) is 18.0. The van der Waals surface area contributed by atoms with E-state index in [0.29, 0.717) is 40.7 Å². The smallest absolute Gasteiger partial charge is 0.338 e. The van der Waals surface area contributed by atoms with Crippen LogP contribution in [-0.4, -0.2) is 47.5 Å². The van der Waals surface area contributed by atoms with E-state index in [4.69, 9.17) is 14.2 Å². The van der Waals surface area contributed by atoms with Crippen molar-refractivity contribution < 1.29 is 19.0 Å². The number of benzene rings is 1. The molecular weight excluding hydrogens is 326 g/mol. The molecule has 132 valence electrons. The molecule has 2 heterocycles. The van der Waals surface area contributed by atoms with E-state index in [1.807, 2.05) is 6.92 Å². The molecule has 9 heteroatoms. The number of rotatable bonds is 5. The van der Waals surface area contributed by atoms with E-state index in [1.165, 1.54) is 11.8 Å². The third-order valence-electron chi connectivity index (χ3n) is 4.09. The van der Waals surface area contributed by atoms with Crippen molar-refractivity contribution >= 4 is 11.9 Å². The molecule has 0 saturated carbocycles. The number of aromatic nitrogens is 4. The topological polar surface area (TPSA) is 100 Å². The van der Waals surface area contributed by atoms with E-state index in [-0.39, 0.29) is 0 Å². The molecule has 0 radical (unpaired) electrons. The number of carbonyl (C=O) groups excluding carboxylic acids is 1. The van der Waals surface area contributed by atoms with Crippen LogP contribution < -0.4 is 14.8 Å². The molecule has 1 atom stereocenters. The highest BCUT2D eigenvalue weighted by Gasteiger charge is 2.37. The highest BCUT2D eigenvalue weighted by atomic mass is 16.5. The van der Waals surface area contributed by atoms with Gasteiger partial charge in [-0.2, -0.15) is 4.68 Å². The number of anilines is 1. The summed E-state index contributed by atoms with van der Waals surface area (Å²) in [5, 5.41) is 14.8. The number of carbonyl (C=O) groups is 1. The maximum atomic E-state index is 12.5. The van der Waals surface area contributed by atoms with E-state index in [9.17, 15) is 4.79 Å². The van der Waals surface area contributed by atoms with Gasteiger partial charge in [0.25, 0.3) is 0 Å². The summed E-state index contributed by atoms with van der Waals surface area (Å²) in [4.78, 5) is 12.5. The third-order valence-corrected chi connectivity index (χ3v) is 4.09. The van der Waals surface area contributed by atoms with E-state index in [2.05, 4.69) is 20.8 Å². The Morgan fingerprint density at radius 1 is 1.28 bits per heavy atom. The van der Waals surface area contributed by atoms with E-state index < -0.39 is 12.0 Å². The van der Waals surface area contributed by atoms with Gasteiger partial charge in [0.2, 0.25) is 5.95 Å². The maximum Gasteiger partial charge on any atom is 0.338 e. The number of fused-ring (bicyclic) bond motifs is 1. The molecule has 1 aromatic heterocycles. The van der Waals surface area contributed by atoms with Crippen molar-refractivity contribution in [3.63, 3.8) is 0 Å².